The fourth-order valence-corrected chi connectivity index (χ4v) is 2.50. The van der Waals surface area contributed by atoms with Gasteiger partial charge in [0.05, 0.1) is 29.2 Å². The van der Waals surface area contributed by atoms with Gasteiger partial charge in [0.1, 0.15) is 0 Å². The summed E-state index contributed by atoms with van der Waals surface area (Å²) in [6.45, 7) is 2.12. The molecule has 0 saturated heterocycles. The molecule has 0 aliphatic rings. The lowest BCUT2D eigenvalue weighted by Gasteiger charge is -2.03. The maximum absolute atomic E-state index is 6.19. The molecule has 0 atom stereocenters. The summed E-state index contributed by atoms with van der Waals surface area (Å²) < 4.78 is 7.74. The average molecular weight is 393 g/mol. The van der Waals surface area contributed by atoms with Crippen molar-refractivity contribution in [2.45, 2.75) is 6.54 Å². The molecule has 0 aliphatic carbocycles. The number of nitrogens with one attached hydrogen (secondary N) is 1. The van der Waals surface area contributed by atoms with Gasteiger partial charge in [-0.2, -0.15) is 0 Å². The number of nitrogens with zero attached hydrogens (tertiary/aromatic N) is 3. The van der Waals surface area contributed by atoms with E-state index in [0.29, 0.717) is 18.2 Å². The SMILES string of the molecule is COCCNCc1cn(-c2ccc(I)cc2Cl)nn1. The number of halogens is 2. The van der Waals surface area contributed by atoms with E-state index in [0.717, 1.165) is 21.5 Å². The molecule has 19 heavy (non-hydrogen) atoms. The lowest BCUT2D eigenvalue weighted by Crippen LogP contribution is -2.18. The minimum atomic E-state index is 0.658. The Morgan fingerprint density at radius 3 is 3.05 bits per heavy atom. The van der Waals surface area contributed by atoms with Crippen molar-refractivity contribution in [1.29, 1.82) is 0 Å². The van der Waals surface area contributed by atoms with Gasteiger partial charge in [0.2, 0.25) is 0 Å². The van der Waals surface area contributed by atoms with Crippen molar-refractivity contribution < 1.29 is 4.74 Å². The number of hydrogen-bond acceptors (Lipinski definition) is 4. The summed E-state index contributed by atoms with van der Waals surface area (Å²) in [4.78, 5) is 0. The van der Waals surface area contributed by atoms with Crippen LogP contribution in [0.4, 0.5) is 0 Å². The summed E-state index contributed by atoms with van der Waals surface area (Å²) in [6, 6.07) is 5.82. The van der Waals surface area contributed by atoms with E-state index in [9.17, 15) is 0 Å². The van der Waals surface area contributed by atoms with Gasteiger partial charge in [-0.25, -0.2) is 4.68 Å². The molecule has 0 unspecified atom stereocenters. The Balaban J connectivity index is 2.04. The van der Waals surface area contributed by atoms with Crippen molar-refractivity contribution in [2.24, 2.45) is 0 Å². The van der Waals surface area contributed by atoms with Gasteiger partial charge in [0.25, 0.3) is 0 Å². The molecule has 2 rings (SSSR count). The van der Waals surface area contributed by atoms with Crippen molar-refractivity contribution in [2.75, 3.05) is 20.3 Å². The molecule has 0 aliphatic heterocycles. The van der Waals surface area contributed by atoms with Gasteiger partial charge >= 0.3 is 0 Å². The number of methoxy groups -OCH3 is 1. The van der Waals surface area contributed by atoms with Crippen LogP contribution >= 0.6 is 34.2 Å². The van der Waals surface area contributed by atoms with Crippen molar-refractivity contribution in [3.8, 4) is 5.69 Å². The van der Waals surface area contributed by atoms with Crippen LogP contribution in [0.3, 0.4) is 0 Å². The highest BCUT2D eigenvalue weighted by Crippen LogP contribution is 2.22. The number of hydrogen-bond donors (Lipinski definition) is 1. The van der Waals surface area contributed by atoms with Gasteiger partial charge in [-0.05, 0) is 40.8 Å². The Labute approximate surface area is 130 Å². The first-order valence-electron chi connectivity index (χ1n) is 5.77. The molecule has 0 fully saturated rings. The Morgan fingerprint density at radius 1 is 1.47 bits per heavy atom. The minimum Gasteiger partial charge on any atom is -0.383 e. The van der Waals surface area contributed by atoms with Crippen LogP contribution in [0.15, 0.2) is 24.4 Å². The highest BCUT2D eigenvalue weighted by atomic mass is 127. The van der Waals surface area contributed by atoms with Crippen molar-refractivity contribution >= 4 is 34.2 Å². The first kappa shape index (κ1) is 14.7. The van der Waals surface area contributed by atoms with E-state index in [2.05, 4.69) is 38.2 Å². The van der Waals surface area contributed by atoms with Gasteiger partial charge in [0.15, 0.2) is 0 Å². The Bertz CT molecular complexity index is 546. The second-order valence-corrected chi connectivity index (χ2v) is 5.57. The molecule has 0 bridgehead atoms. The van der Waals surface area contributed by atoms with Gasteiger partial charge < -0.3 is 10.1 Å². The van der Waals surface area contributed by atoms with Crippen LogP contribution in [0.25, 0.3) is 5.69 Å². The van der Waals surface area contributed by atoms with Crippen LogP contribution in [0, 0.1) is 3.57 Å². The zero-order valence-electron chi connectivity index (χ0n) is 10.4. The first-order valence-corrected chi connectivity index (χ1v) is 7.22. The smallest absolute Gasteiger partial charge is 0.0969 e. The molecule has 1 heterocycles. The van der Waals surface area contributed by atoms with Crippen LogP contribution in [-0.2, 0) is 11.3 Å². The third-order valence-electron chi connectivity index (χ3n) is 2.49. The van der Waals surface area contributed by atoms with Crippen LogP contribution < -0.4 is 5.32 Å². The molecule has 1 aromatic heterocycles. The van der Waals surface area contributed by atoms with Crippen molar-refractivity contribution in [3.05, 3.63) is 38.7 Å². The predicted octanol–water partition coefficient (Wildman–Crippen LogP) is 2.26. The normalized spacial score (nSPS) is 10.9. The lowest BCUT2D eigenvalue weighted by molar-refractivity contribution is 0.199. The third-order valence-corrected chi connectivity index (χ3v) is 3.46. The Kier molecular flexibility index (Phi) is 5.56. The molecule has 7 heteroatoms. The number of rotatable bonds is 6. The monoisotopic (exact) mass is 392 g/mol. The highest BCUT2D eigenvalue weighted by molar-refractivity contribution is 14.1. The molecule has 102 valence electrons. The molecule has 5 nitrogen and oxygen atoms in total. The maximum Gasteiger partial charge on any atom is 0.0969 e. The van der Waals surface area contributed by atoms with Gasteiger partial charge in [0, 0.05) is 23.8 Å². The quantitative estimate of drug-likeness (QED) is 0.605. The van der Waals surface area contributed by atoms with E-state index in [-0.39, 0.29) is 0 Å². The van der Waals surface area contributed by atoms with Crippen LogP contribution in [0.1, 0.15) is 5.69 Å². The minimum absolute atomic E-state index is 0.658. The molecule has 1 N–H and O–H groups in total. The number of ether oxygens (including phenoxy) is 1. The van der Waals surface area contributed by atoms with E-state index in [1.165, 1.54) is 0 Å². The number of benzene rings is 1. The van der Waals surface area contributed by atoms with Crippen LogP contribution in [0.2, 0.25) is 5.02 Å². The number of aromatic nitrogens is 3. The predicted molar refractivity (Wildman–Crippen MR) is 82.7 cm³/mol. The second-order valence-electron chi connectivity index (χ2n) is 3.92. The zero-order chi connectivity index (χ0) is 13.7. The average Bonchev–Trinajstić information content (AvgIpc) is 2.83. The second kappa shape index (κ2) is 7.18. The van der Waals surface area contributed by atoms with E-state index in [4.69, 9.17) is 16.3 Å². The summed E-state index contributed by atoms with van der Waals surface area (Å²) in [5.41, 5.74) is 1.70. The molecule has 2 aromatic rings. The van der Waals surface area contributed by atoms with Crippen LogP contribution in [-0.4, -0.2) is 35.3 Å². The van der Waals surface area contributed by atoms with Crippen molar-refractivity contribution in [3.63, 3.8) is 0 Å². The largest absolute Gasteiger partial charge is 0.383 e. The maximum atomic E-state index is 6.19. The molecule has 0 amide bonds. The van der Waals surface area contributed by atoms with Gasteiger partial charge in [-0.15, -0.1) is 5.10 Å². The molecule has 1 aromatic carbocycles. The topological polar surface area (TPSA) is 52.0 Å². The van der Waals surface area contributed by atoms with E-state index in [1.807, 2.05) is 24.4 Å². The van der Waals surface area contributed by atoms with Gasteiger partial charge in [-0.3, -0.25) is 0 Å². The zero-order valence-corrected chi connectivity index (χ0v) is 13.3. The first-order chi connectivity index (χ1) is 9.20. The van der Waals surface area contributed by atoms with Crippen LogP contribution in [0.5, 0.6) is 0 Å². The fraction of sp³-hybridized carbons (Fsp3) is 0.333. The molecule has 0 radical (unpaired) electrons. The van der Waals surface area contributed by atoms with E-state index in [1.54, 1.807) is 11.8 Å². The molecular weight excluding hydrogens is 379 g/mol. The lowest BCUT2D eigenvalue weighted by atomic mass is 10.3. The van der Waals surface area contributed by atoms with Crippen molar-refractivity contribution in [1.82, 2.24) is 20.3 Å². The van der Waals surface area contributed by atoms with E-state index < -0.39 is 0 Å². The summed E-state index contributed by atoms with van der Waals surface area (Å²) in [5, 5.41) is 12.1. The molecular formula is C12H14ClIN4O. The molecule has 0 spiro atoms. The third kappa shape index (κ3) is 4.13. The standard InChI is InChI=1S/C12H14ClIN4O/c1-19-5-4-15-7-10-8-18(17-16-10)12-3-2-9(14)6-11(12)13/h2-3,6,8,15H,4-5,7H2,1H3. The summed E-state index contributed by atoms with van der Waals surface area (Å²) >= 11 is 8.41. The van der Waals surface area contributed by atoms with E-state index >= 15 is 0 Å². The Morgan fingerprint density at radius 2 is 2.32 bits per heavy atom. The Hall–Kier alpha value is -0.700. The summed E-state index contributed by atoms with van der Waals surface area (Å²) in [6.07, 6.45) is 1.87. The summed E-state index contributed by atoms with van der Waals surface area (Å²) in [7, 11) is 1.68. The highest BCUT2D eigenvalue weighted by Gasteiger charge is 2.06. The van der Waals surface area contributed by atoms with Gasteiger partial charge in [-0.1, -0.05) is 16.8 Å². The molecule has 0 saturated carbocycles. The summed E-state index contributed by atoms with van der Waals surface area (Å²) in [5.74, 6) is 0. The fourth-order valence-electron chi connectivity index (χ4n) is 1.55.